The lowest BCUT2D eigenvalue weighted by molar-refractivity contribution is -0.174. The number of carbonyl (C=O) groups is 1. The molecule has 1 amide bonds. The standard InChI is InChI=1S/C21H18F4N2O2/c1-2-12-10-13(22)11-17-18(12)27-9-5-7-15(26-20(28)21(23,24)25)19(27)14-6-3-4-8-16(14)29-17/h2-4,6,8,10-11,15,19H,1,5,7,9H2,(H,26,28)/t15-,19+/m1/s1. The fourth-order valence-corrected chi connectivity index (χ4v) is 4.10. The fourth-order valence-electron chi connectivity index (χ4n) is 4.10. The molecule has 0 bridgehead atoms. The Labute approximate surface area is 164 Å². The fraction of sp³-hybridized carbons (Fsp3) is 0.286. The molecule has 2 aliphatic rings. The van der Waals surface area contributed by atoms with Crippen molar-refractivity contribution in [3.63, 3.8) is 0 Å². The molecule has 2 aliphatic heterocycles. The predicted octanol–water partition coefficient (Wildman–Crippen LogP) is 4.96. The maximum atomic E-state index is 14.1. The smallest absolute Gasteiger partial charge is 0.455 e. The molecule has 0 spiro atoms. The molecule has 0 aromatic heterocycles. The first-order valence-corrected chi connectivity index (χ1v) is 9.16. The Morgan fingerprint density at radius 3 is 2.72 bits per heavy atom. The summed E-state index contributed by atoms with van der Waals surface area (Å²) in [7, 11) is 0. The number of anilines is 1. The van der Waals surface area contributed by atoms with Gasteiger partial charge < -0.3 is 15.0 Å². The summed E-state index contributed by atoms with van der Waals surface area (Å²) in [5, 5.41) is 2.15. The number of hydrogen-bond acceptors (Lipinski definition) is 3. The van der Waals surface area contributed by atoms with E-state index in [-0.39, 0.29) is 5.75 Å². The number of hydrogen-bond donors (Lipinski definition) is 1. The average molecular weight is 406 g/mol. The van der Waals surface area contributed by atoms with Crippen LogP contribution in [0.1, 0.15) is 30.0 Å². The van der Waals surface area contributed by atoms with Crippen LogP contribution >= 0.6 is 0 Å². The van der Waals surface area contributed by atoms with Gasteiger partial charge in [-0.2, -0.15) is 13.2 Å². The third-order valence-corrected chi connectivity index (χ3v) is 5.24. The minimum Gasteiger partial charge on any atom is -0.455 e. The summed E-state index contributed by atoms with van der Waals surface area (Å²) < 4.78 is 58.8. The molecule has 152 valence electrons. The molecule has 2 heterocycles. The van der Waals surface area contributed by atoms with Crippen molar-refractivity contribution in [3.05, 3.63) is 59.9 Å². The highest BCUT2D eigenvalue weighted by atomic mass is 19.4. The molecule has 0 radical (unpaired) electrons. The molecule has 0 aliphatic carbocycles. The second-order valence-electron chi connectivity index (χ2n) is 7.04. The van der Waals surface area contributed by atoms with E-state index in [9.17, 15) is 22.4 Å². The van der Waals surface area contributed by atoms with Crippen LogP contribution in [0.2, 0.25) is 0 Å². The first-order valence-electron chi connectivity index (χ1n) is 9.16. The number of alkyl halides is 3. The number of rotatable bonds is 2. The Morgan fingerprint density at radius 2 is 2.00 bits per heavy atom. The van der Waals surface area contributed by atoms with Gasteiger partial charge in [0, 0.05) is 23.7 Å². The van der Waals surface area contributed by atoms with Gasteiger partial charge in [-0.15, -0.1) is 0 Å². The van der Waals surface area contributed by atoms with E-state index in [1.807, 2.05) is 4.90 Å². The number of nitrogens with one attached hydrogen (secondary N) is 1. The molecular weight excluding hydrogens is 388 g/mol. The van der Waals surface area contributed by atoms with E-state index in [1.165, 1.54) is 18.2 Å². The van der Waals surface area contributed by atoms with E-state index >= 15 is 0 Å². The molecule has 29 heavy (non-hydrogen) atoms. The number of para-hydroxylation sites is 1. The SMILES string of the molecule is C=Cc1cc(F)cc2c1N1CCC[C@@H](NC(=O)C(F)(F)F)[C@@H]1c1ccccc1O2. The Balaban J connectivity index is 1.87. The van der Waals surface area contributed by atoms with Gasteiger partial charge in [0.25, 0.3) is 0 Å². The predicted molar refractivity (Wildman–Crippen MR) is 100 cm³/mol. The molecule has 1 N–H and O–H groups in total. The third kappa shape index (κ3) is 3.43. The van der Waals surface area contributed by atoms with Gasteiger partial charge in [-0.05, 0) is 25.0 Å². The van der Waals surface area contributed by atoms with Gasteiger partial charge in [-0.25, -0.2) is 4.39 Å². The number of fused-ring (bicyclic) bond motifs is 5. The number of nitrogens with zero attached hydrogens (tertiary/aromatic N) is 1. The van der Waals surface area contributed by atoms with Gasteiger partial charge in [-0.3, -0.25) is 4.79 Å². The topological polar surface area (TPSA) is 41.6 Å². The van der Waals surface area contributed by atoms with Gasteiger partial charge in [0.15, 0.2) is 5.75 Å². The van der Waals surface area contributed by atoms with Crippen LogP contribution in [0.25, 0.3) is 6.08 Å². The quantitative estimate of drug-likeness (QED) is 0.717. The van der Waals surface area contributed by atoms with Crippen LogP contribution in [0.15, 0.2) is 43.0 Å². The van der Waals surface area contributed by atoms with Crippen molar-refractivity contribution in [2.75, 3.05) is 11.4 Å². The molecule has 8 heteroatoms. The van der Waals surface area contributed by atoms with Crippen molar-refractivity contribution < 1.29 is 27.1 Å². The van der Waals surface area contributed by atoms with E-state index in [2.05, 4.69) is 11.9 Å². The molecular formula is C21H18F4N2O2. The van der Waals surface area contributed by atoms with Crippen molar-refractivity contribution in [2.24, 2.45) is 0 Å². The van der Waals surface area contributed by atoms with Crippen LogP contribution < -0.4 is 15.0 Å². The van der Waals surface area contributed by atoms with Gasteiger partial charge >= 0.3 is 12.1 Å². The van der Waals surface area contributed by atoms with E-state index in [4.69, 9.17) is 4.74 Å². The second kappa shape index (κ2) is 7.09. The number of benzene rings is 2. The molecule has 2 aromatic carbocycles. The van der Waals surface area contributed by atoms with Crippen molar-refractivity contribution >= 4 is 17.7 Å². The monoisotopic (exact) mass is 406 g/mol. The Kier molecular flexibility index (Phi) is 4.72. The summed E-state index contributed by atoms with van der Waals surface area (Å²) in [5.41, 5.74) is 1.65. The number of piperidine rings is 1. The Bertz CT molecular complexity index is 974. The van der Waals surface area contributed by atoms with E-state index < -0.39 is 30.0 Å². The van der Waals surface area contributed by atoms with Crippen molar-refractivity contribution in [3.8, 4) is 11.5 Å². The summed E-state index contributed by atoms with van der Waals surface area (Å²) in [4.78, 5) is 13.5. The van der Waals surface area contributed by atoms with Gasteiger partial charge in [-0.1, -0.05) is 30.9 Å². The summed E-state index contributed by atoms with van der Waals surface area (Å²) in [6.45, 7) is 4.24. The van der Waals surface area contributed by atoms with Crippen molar-refractivity contribution in [1.29, 1.82) is 0 Å². The normalized spacial score (nSPS) is 20.5. The Morgan fingerprint density at radius 1 is 1.24 bits per heavy atom. The zero-order valence-electron chi connectivity index (χ0n) is 15.3. The van der Waals surface area contributed by atoms with E-state index in [0.29, 0.717) is 42.0 Å². The molecule has 0 saturated carbocycles. The highest BCUT2D eigenvalue weighted by Crippen LogP contribution is 2.49. The zero-order valence-corrected chi connectivity index (χ0v) is 15.3. The zero-order chi connectivity index (χ0) is 20.8. The summed E-state index contributed by atoms with van der Waals surface area (Å²) in [6, 6.07) is 8.07. The average Bonchev–Trinajstić information content (AvgIpc) is 2.81. The van der Waals surface area contributed by atoms with E-state index in [1.54, 1.807) is 24.3 Å². The molecule has 4 nitrogen and oxygen atoms in total. The minimum atomic E-state index is -4.98. The molecule has 0 unspecified atom stereocenters. The van der Waals surface area contributed by atoms with Crippen LogP contribution in [0.5, 0.6) is 11.5 Å². The number of amides is 1. The number of carbonyl (C=O) groups excluding carboxylic acids is 1. The van der Waals surface area contributed by atoms with E-state index in [0.717, 1.165) is 0 Å². The van der Waals surface area contributed by atoms with Crippen LogP contribution in [-0.4, -0.2) is 24.7 Å². The van der Waals surface area contributed by atoms with Crippen LogP contribution in [0.4, 0.5) is 23.2 Å². The highest BCUT2D eigenvalue weighted by molar-refractivity contribution is 5.82. The Hall–Kier alpha value is -3.03. The van der Waals surface area contributed by atoms with Crippen LogP contribution in [0.3, 0.4) is 0 Å². The lowest BCUT2D eigenvalue weighted by Gasteiger charge is -2.43. The molecule has 1 saturated heterocycles. The second-order valence-corrected chi connectivity index (χ2v) is 7.04. The maximum Gasteiger partial charge on any atom is 0.471 e. The van der Waals surface area contributed by atoms with Crippen molar-refractivity contribution in [2.45, 2.75) is 31.1 Å². The van der Waals surface area contributed by atoms with Gasteiger partial charge in [0.05, 0.1) is 17.8 Å². The molecule has 4 rings (SSSR count). The van der Waals surface area contributed by atoms with Crippen LogP contribution in [-0.2, 0) is 4.79 Å². The number of ether oxygens (including phenoxy) is 1. The lowest BCUT2D eigenvalue weighted by atomic mass is 9.89. The lowest BCUT2D eigenvalue weighted by Crippen LogP contribution is -2.52. The maximum absolute atomic E-state index is 14.1. The van der Waals surface area contributed by atoms with Gasteiger partial charge in [0.2, 0.25) is 0 Å². The molecule has 1 fully saturated rings. The first-order chi connectivity index (χ1) is 13.8. The van der Waals surface area contributed by atoms with Crippen molar-refractivity contribution in [1.82, 2.24) is 5.32 Å². The van der Waals surface area contributed by atoms with Gasteiger partial charge in [0.1, 0.15) is 11.6 Å². The first kappa shape index (κ1) is 19.3. The highest BCUT2D eigenvalue weighted by Gasteiger charge is 2.44. The number of halogens is 4. The molecule has 2 aromatic rings. The largest absolute Gasteiger partial charge is 0.471 e. The summed E-state index contributed by atoms with van der Waals surface area (Å²) >= 11 is 0. The third-order valence-electron chi connectivity index (χ3n) is 5.24. The van der Waals surface area contributed by atoms with Crippen LogP contribution in [0, 0.1) is 5.82 Å². The minimum absolute atomic E-state index is 0.262. The molecule has 2 atom stereocenters. The summed E-state index contributed by atoms with van der Waals surface area (Å²) in [5.74, 6) is -1.81. The summed E-state index contributed by atoms with van der Waals surface area (Å²) in [6.07, 6.45) is -2.57.